The fourth-order valence-corrected chi connectivity index (χ4v) is 2.96. The van der Waals surface area contributed by atoms with E-state index in [2.05, 4.69) is 9.97 Å². The third-order valence-corrected chi connectivity index (χ3v) is 4.35. The summed E-state index contributed by atoms with van der Waals surface area (Å²) in [4.78, 5) is 21.8. The fourth-order valence-electron chi connectivity index (χ4n) is 2.96. The molecule has 0 unspecified atom stereocenters. The van der Waals surface area contributed by atoms with Crippen molar-refractivity contribution < 1.29 is 9.53 Å². The number of likely N-dealkylation sites (N-methyl/N-ethyl adjacent to an activating group) is 1. The number of nitrogens with zero attached hydrogens (tertiary/aromatic N) is 2. The number of ether oxygens (including phenoxy) is 1. The van der Waals surface area contributed by atoms with Gasteiger partial charge in [0, 0.05) is 12.4 Å². The molecule has 1 N–H and O–H groups in total. The van der Waals surface area contributed by atoms with Gasteiger partial charge in [0.25, 0.3) is 5.91 Å². The van der Waals surface area contributed by atoms with Gasteiger partial charge in [-0.05, 0) is 23.6 Å². The number of benzene rings is 3. The van der Waals surface area contributed by atoms with E-state index in [0.29, 0.717) is 12.3 Å². The molecule has 5 heteroatoms. The molecular formula is C21H19N3O2. The average Bonchev–Trinajstić information content (AvgIpc) is 3.08. The van der Waals surface area contributed by atoms with Gasteiger partial charge >= 0.3 is 0 Å². The number of aromatic amines is 1. The van der Waals surface area contributed by atoms with Crippen molar-refractivity contribution >= 4 is 27.7 Å². The molecule has 5 nitrogen and oxygen atoms in total. The zero-order valence-electron chi connectivity index (χ0n) is 14.5. The molecular weight excluding hydrogens is 326 g/mol. The summed E-state index contributed by atoms with van der Waals surface area (Å²) in [5.41, 5.74) is 1.87. The van der Waals surface area contributed by atoms with E-state index < -0.39 is 0 Å². The molecule has 4 aromatic rings. The van der Waals surface area contributed by atoms with Crippen LogP contribution in [0.15, 0.2) is 66.7 Å². The van der Waals surface area contributed by atoms with Crippen LogP contribution in [0.2, 0.25) is 0 Å². The highest BCUT2D eigenvalue weighted by Crippen LogP contribution is 2.25. The van der Waals surface area contributed by atoms with Gasteiger partial charge in [0.1, 0.15) is 11.6 Å². The van der Waals surface area contributed by atoms with Gasteiger partial charge in [-0.25, -0.2) is 4.98 Å². The van der Waals surface area contributed by atoms with Crippen molar-refractivity contribution in [3.05, 3.63) is 72.6 Å². The lowest BCUT2D eigenvalue weighted by atomic mass is 10.1. The number of nitrogens with one attached hydrogen (secondary N) is 1. The van der Waals surface area contributed by atoms with E-state index in [-0.39, 0.29) is 12.5 Å². The molecule has 0 aliphatic heterocycles. The Morgan fingerprint density at radius 1 is 1.04 bits per heavy atom. The lowest BCUT2D eigenvalue weighted by Crippen LogP contribution is -2.31. The Labute approximate surface area is 151 Å². The lowest BCUT2D eigenvalue weighted by molar-refractivity contribution is -0.132. The highest BCUT2D eigenvalue weighted by Gasteiger charge is 2.13. The summed E-state index contributed by atoms with van der Waals surface area (Å²) in [6.07, 6.45) is 0. The molecule has 3 aromatic carbocycles. The minimum atomic E-state index is -0.0987. The molecule has 0 atom stereocenters. The standard InChI is InChI=1S/C21H19N3O2/c1-24(13-20-22-17-10-4-5-11-18(17)23-20)21(25)14-26-19-12-6-8-15-7-2-3-9-16(15)19/h2-12H,13-14H2,1H3,(H,22,23). The largest absolute Gasteiger partial charge is 0.483 e. The van der Waals surface area contributed by atoms with Gasteiger partial charge < -0.3 is 14.6 Å². The number of rotatable bonds is 5. The number of hydrogen-bond donors (Lipinski definition) is 1. The zero-order chi connectivity index (χ0) is 17.9. The van der Waals surface area contributed by atoms with Crippen LogP contribution in [0.5, 0.6) is 5.75 Å². The smallest absolute Gasteiger partial charge is 0.260 e. The molecule has 0 bridgehead atoms. The Balaban J connectivity index is 1.42. The Morgan fingerprint density at radius 2 is 1.81 bits per heavy atom. The normalized spacial score (nSPS) is 11.0. The zero-order valence-corrected chi connectivity index (χ0v) is 14.5. The van der Waals surface area contributed by atoms with Crippen molar-refractivity contribution in [2.24, 2.45) is 0 Å². The van der Waals surface area contributed by atoms with Crippen molar-refractivity contribution in [1.82, 2.24) is 14.9 Å². The van der Waals surface area contributed by atoms with Crippen molar-refractivity contribution in [1.29, 1.82) is 0 Å². The Morgan fingerprint density at radius 3 is 2.69 bits per heavy atom. The van der Waals surface area contributed by atoms with E-state index >= 15 is 0 Å². The van der Waals surface area contributed by atoms with Crippen LogP contribution in [-0.2, 0) is 11.3 Å². The molecule has 0 fully saturated rings. The second-order valence-corrected chi connectivity index (χ2v) is 6.22. The van der Waals surface area contributed by atoms with Crippen LogP contribution in [0.1, 0.15) is 5.82 Å². The Hall–Kier alpha value is -3.34. The fraction of sp³-hybridized carbons (Fsp3) is 0.143. The summed E-state index contributed by atoms with van der Waals surface area (Å²) in [5, 5.41) is 2.09. The van der Waals surface area contributed by atoms with Crippen LogP contribution in [0, 0.1) is 0 Å². The van der Waals surface area contributed by atoms with E-state index in [4.69, 9.17) is 4.74 Å². The summed E-state index contributed by atoms with van der Waals surface area (Å²) in [7, 11) is 1.75. The Bertz CT molecular complexity index is 1030. The molecule has 0 saturated heterocycles. The second kappa shape index (κ2) is 6.88. The van der Waals surface area contributed by atoms with Crippen LogP contribution < -0.4 is 4.74 Å². The number of para-hydroxylation sites is 2. The number of fused-ring (bicyclic) bond motifs is 2. The van der Waals surface area contributed by atoms with Gasteiger partial charge in [0.05, 0.1) is 17.6 Å². The van der Waals surface area contributed by atoms with E-state index in [9.17, 15) is 4.79 Å². The summed E-state index contributed by atoms with van der Waals surface area (Å²) in [6, 6.07) is 21.6. The van der Waals surface area contributed by atoms with Crippen LogP contribution in [-0.4, -0.2) is 34.4 Å². The van der Waals surface area contributed by atoms with E-state index in [1.54, 1.807) is 11.9 Å². The van der Waals surface area contributed by atoms with Gasteiger partial charge in [0.15, 0.2) is 6.61 Å². The number of H-pyrrole nitrogens is 1. The topological polar surface area (TPSA) is 58.2 Å². The third kappa shape index (κ3) is 3.24. The van der Waals surface area contributed by atoms with Crippen LogP contribution >= 0.6 is 0 Å². The summed E-state index contributed by atoms with van der Waals surface area (Å²) >= 11 is 0. The van der Waals surface area contributed by atoms with Crippen molar-refractivity contribution in [3.63, 3.8) is 0 Å². The average molecular weight is 345 g/mol. The number of carbonyl (C=O) groups excluding carboxylic acids is 1. The highest BCUT2D eigenvalue weighted by molar-refractivity contribution is 5.88. The first-order valence-corrected chi connectivity index (χ1v) is 8.49. The van der Waals surface area contributed by atoms with E-state index in [1.165, 1.54) is 0 Å². The molecule has 0 aliphatic rings. The molecule has 0 radical (unpaired) electrons. The molecule has 1 heterocycles. The highest BCUT2D eigenvalue weighted by atomic mass is 16.5. The second-order valence-electron chi connectivity index (χ2n) is 6.22. The monoisotopic (exact) mass is 345 g/mol. The summed E-state index contributed by atoms with van der Waals surface area (Å²) < 4.78 is 5.78. The molecule has 130 valence electrons. The van der Waals surface area contributed by atoms with Gasteiger partial charge in [-0.1, -0.05) is 48.5 Å². The van der Waals surface area contributed by atoms with Crippen LogP contribution in [0.4, 0.5) is 0 Å². The number of imidazole rings is 1. The van der Waals surface area contributed by atoms with Crippen molar-refractivity contribution in [2.45, 2.75) is 6.54 Å². The van der Waals surface area contributed by atoms with Crippen molar-refractivity contribution in [2.75, 3.05) is 13.7 Å². The first-order valence-electron chi connectivity index (χ1n) is 8.49. The summed E-state index contributed by atoms with van der Waals surface area (Å²) in [5.74, 6) is 1.37. The minimum absolute atomic E-state index is 0.00919. The van der Waals surface area contributed by atoms with Gasteiger partial charge in [-0.3, -0.25) is 4.79 Å². The molecule has 1 amide bonds. The van der Waals surface area contributed by atoms with E-state index in [1.807, 2.05) is 66.7 Å². The number of amides is 1. The lowest BCUT2D eigenvalue weighted by Gasteiger charge is -2.16. The minimum Gasteiger partial charge on any atom is -0.483 e. The van der Waals surface area contributed by atoms with Gasteiger partial charge in [-0.15, -0.1) is 0 Å². The number of hydrogen-bond acceptors (Lipinski definition) is 3. The molecule has 0 saturated carbocycles. The molecule has 4 rings (SSSR count). The SMILES string of the molecule is CN(Cc1nc2ccccc2[nH]1)C(=O)COc1cccc2ccccc12. The van der Waals surface area contributed by atoms with Gasteiger partial charge in [0.2, 0.25) is 0 Å². The maximum Gasteiger partial charge on any atom is 0.260 e. The maximum absolute atomic E-state index is 12.4. The number of carbonyl (C=O) groups is 1. The van der Waals surface area contributed by atoms with Crippen LogP contribution in [0.3, 0.4) is 0 Å². The summed E-state index contributed by atoms with van der Waals surface area (Å²) in [6.45, 7) is 0.400. The van der Waals surface area contributed by atoms with Crippen LogP contribution in [0.25, 0.3) is 21.8 Å². The Kier molecular flexibility index (Phi) is 4.27. The van der Waals surface area contributed by atoms with Crippen molar-refractivity contribution in [3.8, 4) is 5.75 Å². The quantitative estimate of drug-likeness (QED) is 0.599. The first kappa shape index (κ1) is 16.1. The maximum atomic E-state index is 12.4. The predicted octanol–water partition coefficient (Wildman–Crippen LogP) is 3.75. The molecule has 0 spiro atoms. The predicted molar refractivity (Wildman–Crippen MR) is 102 cm³/mol. The number of aromatic nitrogens is 2. The van der Waals surface area contributed by atoms with E-state index in [0.717, 1.165) is 27.6 Å². The molecule has 26 heavy (non-hydrogen) atoms. The first-order chi connectivity index (χ1) is 12.7. The molecule has 0 aliphatic carbocycles. The molecule has 1 aromatic heterocycles. The van der Waals surface area contributed by atoms with Gasteiger partial charge in [-0.2, -0.15) is 0 Å². The third-order valence-electron chi connectivity index (χ3n) is 4.35.